The summed E-state index contributed by atoms with van der Waals surface area (Å²) in [4.78, 5) is 6.66. The molecule has 5 nitrogen and oxygen atoms in total. The average molecular weight is 549 g/mol. The van der Waals surface area contributed by atoms with E-state index < -0.39 is 21.7 Å². The van der Waals surface area contributed by atoms with E-state index in [1.165, 1.54) is 33.8 Å². The van der Waals surface area contributed by atoms with Crippen LogP contribution in [0, 0.1) is 11.6 Å². The minimum Gasteiger partial charge on any atom is -0.345 e. The molecule has 4 rings (SSSR count). The molecule has 0 aliphatic carbocycles. The van der Waals surface area contributed by atoms with Crippen LogP contribution in [0.25, 0.3) is 0 Å². The Kier molecular flexibility index (Phi) is 6.64. The number of thiazole rings is 1. The van der Waals surface area contributed by atoms with Gasteiger partial charge < -0.3 is 4.90 Å². The molecule has 31 heavy (non-hydrogen) atoms. The molecule has 0 amide bonds. The highest BCUT2D eigenvalue weighted by Gasteiger charge is 2.31. The predicted molar refractivity (Wildman–Crippen MR) is 121 cm³/mol. The maximum absolute atomic E-state index is 13.4. The van der Waals surface area contributed by atoms with E-state index in [1.54, 1.807) is 12.1 Å². The largest absolute Gasteiger partial charge is 0.345 e. The average Bonchev–Trinajstić information content (AvgIpc) is 3.15. The van der Waals surface area contributed by atoms with Gasteiger partial charge in [0.2, 0.25) is 10.0 Å². The minimum absolute atomic E-state index is 0.0877. The molecule has 2 heterocycles. The van der Waals surface area contributed by atoms with Gasteiger partial charge in [0.15, 0.2) is 5.13 Å². The van der Waals surface area contributed by atoms with Gasteiger partial charge in [0.05, 0.1) is 10.7 Å². The lowest BCUT2D eigenvalue weighted by molar-refractivity contribution is 0.384. The zero-order valence-electron chi connectivity index (χ0n) is 16.1. The third-order valence-corrected chi connectivity index (χ3v) is 8.69. The number of aromatic nitrogens is 1. The lowest BCUT2D eigenvalue weighted by Gasteiger charge is -2.34. The number of hydrogen-bond donors (Lipinski definition) is 0. The Morgan fingerprint density at radius 2 is 1.74 bits per heavy atom. The topological polar surface area (TPSA) is 53.5 Å². The predicted octanol–water partition coefficient (Wildman–Crippen LogP) is 4.94. The molecule has 3 aromatic rings. The molecule has 0 bridgehead atoms. The van der Waals surface area contributed by atoms with Crippen molar-refractivity contribution in [1.82, 2.24) is 9.29 Å². The summed E-state index contributed by atoms with van der Waals surface area (Å²) in [7, 11) is -3.69. The minimum atomic E-state index is -3.69. The van der Waals surface area contributed by atoms with Gasteiger partial charge in [0.25, 0.3) is 0 Å². The lowest BCUT2D eigenvalue weighted by Crippen LogP contribution is -2.48. The van der Waals surface area contributed by atoms with Crippen molar-refractivity contribution in [2.45, 2.75) is 11.3 Å². The summed E-state index contributed by atoms with van der Waals surface area (Å²) < 4.78 is 54.8. The quantitative estimate of drug-likeness (QED) is 0.453. The fraction of sp³-hybridized carbons (Fsp3) is 0.250. The Morgan fingerprint density at radius 1 is 1.06 bits per heavy atom. The van der Waals surface area contributed by atoms with E-state index in [1.807, 2.05) is 10.3 Å². The van der Waals surface area contributed by atoms with E-state index >= 15 is 0 Å². The first-order chi connectivity index (χ1) is 14.7. The van der Waals surface area contributed by atoms with Crippen molar-refractivity contribution in [2.75, 3.05) is 31.1 Å². The lowest BCUT2D eigenvalue weighted by atomic mass is 10.1. The number of anilines is 1. The number of sulfonamides is 1. The van der Waals surface area contributed by atoms with Crippen molar-refractivity contribution < 1.29 is 17.2 Å². The van der Waals surface area contributed by atoms with Gasteiger partial charge in [-0.1, -0.05) is 27.5 Å². The molecule has 0 N–H and O–H groups in total. The summed E-state index contributed by atoms with van der Waals surface area (Å²) in [5.41, 5.74) is 1.22. The number of benzene rings is 2. The van der Waals surface area contributed by atoms with Gasteiger partial charge in [0, 0.05) is 48.5 Å². The molecule has 1 aliphatic heterocycles. The normalized spacial score (nSPS) is 15.4. The number of nitrogens with zero attached hydrogens (tertiary/aromatic N) is 3. The third-order valence-electron chi connectivity index (χ3n) is 4.87. The van der Waals surface area contributed by atoms with E-state index in [0.717, 1.165) is 11.2 Å². The van der Waals surface area contributed by atoms with Crippen LogP contribution in [0.1, 0.15) is 11.3 Å². The van der Waals surface area contributed by atoms with Crippen LogP contribution in [0.5, 0.6) is 0 Å². The Morgan fingerprint density at radius 3 is 2.39 bits per heavy atom. The summed E-state index contributed by atoms with van der Waals surface area (Å²) >= 11 is 10.9. The number of halogens is 4. The molecule has 11 heteroatoms. The monoisotopic (exact) mass is 547 g/mol. The van der Waals surface area contributed by atoms with Crippen molar-refractivity contribution in [1.29, 1.82) is 0 Å². The van der Waals surface area contributed by atoms with E-state index in [4.69, 9.17) is 11.6 Å². The number of hydrogen-bond acceptors (Lipinski definition) is 5. The molecule has 1 aliphatic rings. The zero-order valence-corrected chi connectivity index (χ0v) is 20.0. The molecule has 2 aromatic carbocycles. The number of piperazine rings is 1. The highest BCUT2D eigenvalue weighted by atomic mass is 79.9. The maximum Gasteiger partial charge on any atom is 0.244 e. The fourth-order valence-corrected chi connectivity index (χ4v) is 6.70. The Labute approximate surface area is 196 Å². The summed E-state index contributed by atoms with van der Waals surface area (Å²) in [6, 6.07) is 8.13. The molecular formula is C20H17BrClF2N3O2S2. The smallest absolute Gasteiger partial charge is 0.244 e. The standard InChI is InChI=1S/C20H17BrClF2N3O2S2/c21-14-1-2-19(18(22)10-14)31(28,29)27-5-3-26(4-6-27)20-25-17(12-30-20)9-13-7-15(23)11-16(24)8-13/h1-2,7-8,10-12H,3-6,9H2. The van der Waals surface area contributed by atoms with E-state index in [9.17, 15) is 17.2 Å². The summed E-state index contributed by atoms with van der Waals surface area (Å²) in [6.45, 7) is 1.57. The summed E-state index contributed by atoms with van der Waals surface area (Å²) in [5.74, 6) is -1.23. The molecule has 0 radical (unpaired) electrons. The first-order valence-electron chi connectivity index (χ1n) is 9.32. The fourth-order valence-electron chi connectivity index (χ4n) is 3.39. The second-order valence-electron chi connectivity index (χ2n) is 7.04. The van der Waals surface area contributed by atoms with Gasteiger partial charge >= 0.3 is 0 Å². The summed E-state index contributed by atoms with van der Waals surface area (Å²) in [5, 5.41) is 2.78. The van der Waals surface area contributed by atoms with Crippen molar-refractivity contribution in [3.63, 3.8) is 0 Å². The van der Waals surface area contributed by atoms with Crippen LogP contribution in [0.3, 0.4) is 0 Å². The van der Waals surface area contributed by atoms with Crippen LogP contribution in [0.2, 0.25) is 5.02 Å². The Hall–Kier alpha value is -1.59. The SMILES string of the molecule is O=S(=O)(c1ccc(Br)cc1Cl)N1CCN(c2nc(Cc3cc(F)cc(F)c3)cs2)CC1. The van der Waals surface area contributed by atoms with Crippen LogP contribution >= 0.6 is 38.9 Å². The van der Waals surface area contributed by atoms with E-state index in [2.05, 4.69) is 20.9 Å². The van der Waals surface area contributed by atoms with Crippen LogP contribution in [-0.2, 0) is 16.4 Å². The molecular weight excluding hydrogens is 532 g/mol. The third kappa shape index (κ3) is 5.09. The van der Waals surface area contributed by atoms with Crippen molar-refractivity contribution >= 4 is 54.0 Å². The van der Waals surface area contributed by atoms with Crippen LogP contribution in [0.4, 0.5) is 13.9 Å². The highest BCUT2D eigenvalue weighted by Crippen LogP contribution is 2.29. The maximum atomic E-state index is 13.4. The molecule has 0 spiro atoms. The summed E-state index contributed by atoms with van der Waals surface area (Å²) in [6.07, 6.45) is 0.321. The zero-order chi connectivity index (χ0) is 22.2. The molecule has 164 valence electrons. The van der Waals surface area contributed by atoms with Crippen LogP contribution in [-0.4, -0.2) is 43.9 Å². The van der Waals surface area contributed by atoms with Crippen LogP contribution < -0.4 is 4.90 Å². The highest BCUT2D eigenvalue weighted by molar-refractivity contribution is 9.10. The molecule has 0 atom stereocenters. The van der Waals surface area contributed by atoms with Crippen molar-refractivity contribution in [3.05, 3.63) is 74.2 Å². The van der Waals surface area contributed by atoms with Crippen molar-refractivity contribution in [2.24, 2.45) is 0 Å². The van der Waals surface area contributed by atoms with E-state index in [-0.39, 0.29) is 9.92 Å². The molecule has 1 aromatic heterocycles. The Bertz CT molecular complexity index is 1190. The van der Waals surface area contributed by atoms with Crippen LogP contribution in [0.15, 0.2) is 51.1 Å². The second-order valence-corrected chi connectivity index (χ2v) is 11.1. The van der Waals surface area contributed by atoms with Crippen molar-refractivity contribution in [3.8, 4) is 0 Å². The molecule has 0 unspecified atom stereocenters. The van der Waals surface area contributed by atoms with Gasteiger partial charge in [-0.25, -0.2) is 22.2 Å². The Balaban J connectivity index is 1.42. The second kappa shape index (κ2) is 9.11. The van der Waals surface area contributed by atoms with Gasteiger partial charge in [-0.2, -0.15) is 4.31 Å². The first kappa shape index (κ1) is 22.6. The van der Waals surface area contributed by atoms with Gasteiger partial charge in [-0.3, -0.25) is 0 Å². The number of rotatable bonds is 5. The van der Waals surface area contributed by atoms with Gasteiger partial charge in [0.1, 0.15) is 16.5 Å². The van der Waals surface area contributed by atoms with Gasteiger partial charge in [-0.15, -0.1) is 11.3 Å². The molecule has 1 saturated heterocycles. The first-order valence-corrected chi connectivity index (χ1v) is 12.8. The van der Waals surface area contributed by atoms with E-state index in [0.29, 0.717) is 48.3 Å². The molecule has 1 fully saturated rings. The van der Waals surface area contributed by atoms with Gasteiger partial charge in [-0.05, 0) is 35.9 Å². The molecule has 0 saturated carbocycles.